The van der Waals surface area contributed by atoms with Crippen LogP contribution in [0.25, 0.3) is 0 Å². The average molecular weight is 431 g/mol. The van der Waals surface area contributed by atoms with Gasteiger partial charge in [0.25, 0.3) is 5.91 Å². The Bertz CT molecular complexity index is 1090. The average Bonchev–Trinajstić information content (AvgIpc) is 3.04. The maximum atomic E-state index is 13.9. The van der Waals surface area contributed by atoms with Crippen LogP contribution < -0.4 is 5.32 Å². The van der Waals surface area contributed by atoms with Crippen molar-refractivity contribution in [1.29, 1.82) is 0 Å². The summed E-state index contributed by atoms with van der Waals surface area (Å²) in [6.45, 7) is 2.63. The molecule has 2 heterocycles. The van der Waals surface area contributed by atoms with Gasteiger partial charge >= 0.3 is 0 Å². The maximum Gasteiger partial charge on any atom is 0.251 e. The third kappa shape index (κ3) is 3.85. The molecule has 0 radical (unpaired) electrons. The topological polar surface area (TPSA) is 41.5 Å². The Balaban J connectivity index is 1.85. The van der Waals surface area contributed by atoms with Gasteiger partial charge in [0, 0.05) is 27.5 Å². The molecular weight excluding hydrogens is 415 g/mol. The summed E-state index contributed by atoms with van der Waals surface area (Å²) in [5, 5.41) is 2.88. The van der Waals surface area contributed by atoms with Gasteiger partial charge in [0.05, 0.1) is 20.6 Å². The Morgan fingerprint density at radius 1 is 1.14 bits per heavy atom. The summed E-state index contributed by atoms with van der Waals surface area (Å²) in [4.78, 5) is 19.8. The van der Waals surface area contributed by atoms with Gasteiger partial charge in [0.2, 0.25) is 0 Å². The second kappa shape index (κ2) is 8.07. The number of hydrogen-bond donors (Lipinski definition) is 1. The molecule has 1 aliphatic rings. The van der Waals surface area contributed by atoms with Crippen LogP contribution in [0.15, 0.2) is 63.3 Å². The number of carbonyl (C=O) groups excluding carboxylic acids is 1. The second-order valence-corrected chi connectivity index (χ2v) is 9.04. The number of nitrogens with one attached hydrogen (secondary N) is 1. The Morgan fingerprint density at radius 2 is 2.00 bits per heavy atom. The van der Waals surface area contributed by atoms with Crippen molar-refractivity contribution in [3.05, 3.63) is 74.7 Å². The van der Waals surface area contributed by atoms with Gasteiger partial charge in [0.15, 0.2) is 0 Å². The lowest BCUT2D eigenvalue weighted by Gasteiger charge is -2.08. The Morgan fingerprint density at radius 3 is 2.75 bits per heavy atom. The molecule has 7 heteroatoms. The van der Waals surface area contributed by atoms with Crippen molar-refractivity contribution in [3.8, 4) is 0 Å². The molecule has 142 valence electrons. The molecule has 3 aromatic rings. The second-order valence-electron chi connectivity index (χ2n) is 6.25. The van der Waals surface area contributed by atoms with Crippen molar-refractivity contribution in [1.82, 2.24) is 5.32 Å². The molecule has 3 nitrogen and oxygen atoms in total. The fourth-order valence-corrected chi connectivity index (χ4v) is 4.95. The molecule has 1 aromatic heterocycles. The number of aliphatic imine (C=N–C) groups is 1. The van der Waals surface area contributed by atoms with Crippen molar-refractivity contribution in [2.24, 2.45) is 4.99 Å². The number of nitrogens with zero attached hydrogens (tertiary/aromatic N) is 1. The molecule has 0 saturated heterocycles. The van der Waals surface area contributed by atoms with Crippen molar-refractivity contribution < 1.29 is 9.18 Å². The zero-order chi connectivity index (χ0) is 19.7. The first-order valence-corrected chi connectivity index (χ1v) is 10.8. The van der Waals surface area contributed by atoms with E-state index in [-0.39, 0.29) is 11.7 Å². The van der Waals surface area contributed by atoms with Gasteiger partial charge in [-0.3, -0.25) is 4.79 Å². The summed E-state index contributed by atoms with van der Waals surface area (Å²) in [6.07, 6.45) is 0.870. The fourth-order valence-electron chi connectivity index (χ4n) is 2.88. The molecule has 0 saturated carbocycles. The highest BCUT2D eigenvalue weighted by atomic mass is 35.5. The van der Waals surface area contributed by atoms with E-state index in [4.69, 9.17) is 16.6 Å². The first-order valence-electron chi connectivity index (χ1n) is 8.79. The van der Waals surface area contributed by atoms with Crippen molar-refractivity contribution in [2.45, 2.75) is 23.1 Å². The summed E-state index contributed by atoms with van der Waals surface area (Å²) in [5.41, 5.74) is 2.81. The molecule has 1 amide bonds. The van der Waals surface area contributed by atoms with Crippen LogP contribution in [0, 0.1) is 5.82 Å². The van der Waals surface area contributed by atoms with E-state index in [1.807, 2.05) is 25.1 Å². The first-order chi connectivity index (χ1) is 13.5. The zero-order valence-corrected chi connectivity index (χ0v) is 17.3. The maximum absolute atomic E-state index is 13.9. The molecule has 0 aliphatic carbocycles. The summed E-state index contributed by atoms with van der Waals surface area (Å²) < 4.78 is 14.6. The molecule has 0 fully saturated rings. The highest BCUT2D eigenvalue weighted by Crippen LogP contribution is 2.42. The smallest absolute Gasteiger partial charge is 0.251 e. The number of rotatable bonds is 4. The Hall–Kier alpha value is -2.15. The number of carbonyl (C=O) groups is 1. The van der Waals surface area contributed by atoms with Gasteiger partial charge in [-0.1, -0.05) is 30.3 Å². The number of fused-ring (bicyclic) bond motifs is 2. The first kappa shape index (κ1) is 19.2. The van der Waals surface area contributed by atoms with Crippen molar-refractivity contribution >= 4 is 52.0 Å². The molecular formula is C21H16ClFN2OS2. The van der Waals surface area contributed by atoms with Crippen LogP contribution >= 0.6 is 34.7 Å². The quantitative estimate of drug-likeness (QED) is 0.412. The Kier molecular flexibility index (Phi) is 5.53. The number of benzene rings is 2. The SMILES string of the molecule is CCCNC(=O)c1ccc2c(c1)N=C(c1ccc(Cl)s1)c1ccc(F)cc1S2. The van der Waals surface area contributed by atoms with E-state index in [0.29, 0.717) is 22.1 Å². The summed E-state index contributed by atoms with van der Waals surface area (Å²) in [7, 11) is 0. The lowest BCUT2D eigenvalue weighted by molar-refractivity contribution is 0.0953. The number of thiophene rings is 1. The highest BCUT2D eigenvalue weighted by molar-refractivity contribution is 7.99. The summed E-state index contributed by atoms with van der Waals surface area (Å²) in [6, 6.07) is 13.8. The van der Waals surface area contributed by atoms with Gasteiger partial charge in [-0.05, 0) is 55.0 Å². The monoisotopic (exact) mass is 430 g/mol. The molecule has 28 heavy (non-hydrogen) atoms. The van der Waals surface area contributed by atoms with Crippen LogP contribution in [0.1, 0.15) is 34.1 Å². The van der Waals surface area contributed by atoms with Gasteiger partial charge in [-0.25, -0.2) is 9.38 Å². The third-order valence-corrected chi connectivity index (χ3v) is 6.57. The van der Waals surface area contributed by atoms with Crippen LogP contribution in [0.5, 0.6) is 0 Å². The predicted molar refractivity (Wildman–Crippen MR) is 114 cm³/mol. The normalized spacial score (nSPS) is 12.6. The molecule has 0 atom stereocenters. The molecule has 0 unspecified atom stereocenters. The van der Waals surface area contributed by atoms with E-state index >= 15 is 0 Å². The van der Waals surface area contributed by atoms with E-state index in [1.165, 1.54) is 35.2 Å². The number of hydrogen-bond acceptors (Lipinski definition) is 4. The number of halogens is 2. The fraction of sp³-hybridized carbons (Fsp3) is 0.143. The van der Waals surface area contributed by atoms with Crippen LogP contribution in [-0.4, -0.2) is 18.2 Å². The molecule has 1 N–H and O–H groups in total. The van der Waals surface area contributed by atoms with E-state index < -0.39 is 0 Å². The molecule has 1 aliphatic heterocycles. The highest BCUT2D eigenvalue weighted by Gasteiger charge is 2.21. The van der Waals surface area contributed by atoms with E-state index in [2.05, 4.69) is 5.32 Å². The predicted octanol–water partition coefficient (Wildman–Crippen LogP) is 6.31. The number of amides is 1. The third-order valence-electron chi connectivity index (χ3n) is 4.21. The van der Waals surface area contributed by atoms with Crippen LogP contribution in [0.2, 0.25) is 4.34 Å². The lowest BCUT2D eigenvalue weighted by Crippen LogP contribution is -2.23. The Labute approximate surface area is 175 Å². The largest absolute Gasteiger partial charge is 0.352 e. The summed E-state index contributed by atoms with van der Waals surface area (Å²) in [5.74, 6) is -0.424. The van der Waals surface area contributed by atoms with Crippen molar-refractivity contribution in [3.63, 3.8) is 0 Å². The van der Waals surface area contributed by atoms with Crippen LogP contribution in [0.4, 0.5) is 10.1 Å². The molecule has 0 bridgehead atoms. The van der Waals surface area contributed by atoms with Gasteiger partial charge < -0.3 is 5.32 Å². The standard InChI is InChI=1S/C21H16ClFN2OS2/c1-2-9-24-21(26)12-3-6-16-15(10-12)25-20(17-7-8-19(22)28-17)14-5-4-13(23)11-18(14)27-16/h3-8,10-11H,2,9H2,1H3,(H,24,26). The van der Waals surface area contributed by atoms with E-state index in [9.17, 15) is 9.18 Å². The van der Waals surface area contributed by atoms with Crippen LogP contribution in [0.3, 0.4) is 0 Å². The van der Waals surface area contributed by atoms with Gasteiger partial charge in [-0.2, -0.15) is 0 Å². The van der Waals surface area contributed by atoms with E-state index in [0.717, 1.165) is 32.4 Å². The molecule has 2 aromatic carbocycles. The molecule has 0 spiro atoms. The molecule has 4 rings (SSSR count). The van der Waals surface area contributed by atoms with Gasteiger partial charge in [-0.15, -0.1) is 11.3 Å². The van der Waals surface area contributed by atoms with Crippen molar-refractivity contribution in [2.75, 3.05) is 6.54 Å². The van der Waals surface area contributed by atoms with Gasteiger partial charge in [0.1, 0.15) is 5.82 Å². The van der Waals surface area contributed by atoms with Crippen LogP contribution in [-0.2, 0) is 0 Å². The van der Waals surface area contributed by atoms with E-state index in [1.54, 1.807) is 18.2 Å². The zero-order valence-electron chi connectivity index (χ0n) is 15.0. The summed E-state index contributed by atoms with van der Waals surface area (Å²) >= 11 is 9.00. The minimum absolute atomic E-state index is 0.127. The minimum Gasteiger partial charge on any atom is -0.352 e. The minimum atomic E-state index is -0.297. The lowest BCUT2D eigenvalue weighted by atomic mass is 10.1.